The first-order valence-electron chi connectivity index (χ1n) is 7.43. The van der Waals surface area contributed by atoms with Crippen molar-refractivity contribution >= 4 is 23.5 Å². The highest BCUT2D eigenvalue weighted by Crippen LogP contribution is 2.26. The minimum absolute atomic E-state index is 0.372. The Morgan fingerprint density at radius 2 is 2.35 bits per heavy atom. The summed E-state index contributed by atoms with van der Waals surface area (Å²) in [6, 6.07) is 2.29. The Balaban J connectivity index is 1.51. The van der Waals surface area contributed by atoms with Gasteiger partial charge in [-0.2, -0.15) is 16.7 Å². The molecule has 0 aromatic carbocycles. The Kier molecular flexibility index (Phi) is 4.97. The summed E-state index contributed by atoms with van der Waals surface area (Å²) >= 11 is 2.04. The molecule has 0 spiro atoms. The van der Waals surface area contributed by atoms with Gasteiger partial charge in [0.25, 0.3) is 0 Å². The van der Waals surface area contributed by atoms with E-state index in [1.807, 2.05) is 24.0 Å². The molecule has 3 heterocycles. The highest BCUT2D eigenvalue weighted by molar-refractivity contribution is 8.00. The maximum atomic E-state index is 5.48. The highest BCUT2D eigenvalue weighted by Gasteiger charge is 2.16. The minimum Gasteiger partial charge on any atom is -0.379 e. The van der Waals surface area contributed by atoms with E-state index in [1.165, 1.54) is 18.6 Å². The van der Waals surface area contributed by atoms with Gasteiger partial charge in [0.05, 0.1) is 12.6 Å². The summed E-state index contributed by atoms with van der Waals surface area (Å²) in [7, 11) is 0. The zero-order chi connectivity index (χ0) is 13.6. The standard InChI is InChI=1S/C14H22N4OS/c1-3-11(10-19-7-1)17-13-5-6-15-14(18-13)16-9-12-4-2-8-20-12/h5-6,11-12H,1-4,7-10H2,(H2,15,16,17,18)/t11-,12+/m1/s1. The third-order valence-corrected chi connectivity index (χ3v) is 5.08. The van der Waals surface area contributed by atoms with Gasteiger partial charge in [0.1, 0.15) is 5.82 Å². The molecule has 0 unspecified atom stereocenters. The van der Waals surface area contributed by atoms with Gasteiger partial charge >= 0.3 is 0 Å². The smallest absolute Gasteiger partial charge is 0.224 e. The van der Waals surface area contributed by atoms with Crippen LogP contribution in [-0.2, 0) is 4.74 Å². The molecule has 0 amide bonds. The van der Waals surface area contributed by atoms with Crippen molar-refractivity contribution in [3.63, 3.8) is 0 Å². The van der Waals surface area contributed by atoms with E-state index in [4.69, 9.17) is 4.74 Å². The van der Waals surface area contributed by atoms with Gasteiger partial charge in [0, 0.05) is 24.6 Å². The lowest BCUT2D eigenvalue weighted by Gasteiger charge is -2.23. The van der Waals surface area contributed by atoms with E-state index >= 15 is 0 Å². The maximum Gasteiger partial charge on any atom is 0.224 e. The Bertz CT molecular complexity index is 419. The summed E-state index contributed by atoms with van der Waals surface area (Å²) in [5, 5.41) is 7.49. The van der Waals surface area contributed by atoms with E-state index in [9.17, 15) is 0 Å². The van der Waals surface area contributed by atoms with Gasteiger partial charge in [0.2, 0.25) is 5.95 Å². The number of ether oxygens (including phenoxy) is 1. The average Bonchev–Trinajstić information content (AvgIpc) is 3.00. The zero-order valence-electron chi connectivity index (χ0n) is 11.7. The van der Waals surface area contributed by atoms with Gasteiger partial charge in [-0.3, -0.25) is 0 Å². The third-order valence-electron chi connectivity index (χ3n) is 3.68. The van der Waals surface area contributed by atoms with Gasteiger partial charge in [0.15, 0.2) is 0 Å². The van der Waals surface area contributed by atoms with Crippen molar-refractivity contribution in [1.82, 2.24) is 9.97 Å². The largest absolute Gasteiger partial charge is 0.379 e. The Morgan fingerprint density at radius 1 is 1.35 bits per heavy atom. The van der Waals surface area contributed by atoms with E-state index in [1.54, 1.807) is 0 Å². The van der Waals surface area contributed by atoms with Crippen LogP contribution in [0.4, 0.5) is 11.8 Å². The molecule has 2 N–H and O–H groups in total. The number of anilines is 2. The topological polar surface area (TPSA) is 59.1 Å². The summed E-state index contributed by atoms with van der Waals surface area (Å²) < 4.78 is 5.48. The predicted octanol–water partition coefficient (Wildman–Crippen LogP) is 2.38. The van der Waals surface area contributed by atoms with Gasteiger partial charge in [-0.25, -0.2) is 4.98 Å². The molecule has 2 aliphatic heterocycles. The van der Waals surface area contributed by atoms with Crippen LogP contribution in [0.2, 0.25) is 0 Å². The van der Waals surface area contributed by atoms with Crippen molar-refractivity contribution in [2.45, 2.75) is 37.0 Å². The number of nitrogens with one attached hydrogen (secondary N) is 2. The Hall–Kier alpha value is -1.01. The highest BCUT2D eigenvalue weighted by atomic mass is 32.2. The molecule has 110 valence electrons. The second-order valence-corrected chi connectivity index (χ2v) is 6.75. The average molecular weight is 294 g/mol. The Labute approximate surface area is 124 Å². The molecule has 5 nitrogen and oxygen atoms in total. The minimum atomic E-state index is 0.372. The van der Waals surface area contributed by atoms with Crippen LogP contribution in [0.25, 0.3) is 0 Å². The first-order valence-corrected chi connectivity index (χ1v) is 8.48. The molecule has 2 aliphatic rings. The van der Waals surface area contributed by atoms with Gasteiger partial charge in [-0.05, 0) is 37.5 Å². The summed E-state index contributed by atoms with van der Waals surface area (Å²) in [6.07, 6.45) is 6.71. The summed E-state index contributed by atoms with van der Waals surface area (Å²) in [5.74, 6) is 2.90. The van der Waals surface area contributed by atoms with Crippen molar-refractivity contribution in [2.24, 2.45) is 0 Å². The molecule has 2 saturated heterocycles. The van der Waals surface area contributed by atoms with Crippen LogP contribution in [0.15, 0.2) is 12.3 Å². The number of aromatic nitrogens is 2. The van der Waals surface area contributed by atoms with Crippen LogP contribution < -0.4 is 10.6 Å². The first kappa shape index (κ1) is 13.9. The molecule has 2 fully saturated rings. The van der Waals surface area contributed by atoms with Crippen LogP contribution in [0.1, 0.15) is 25.7 Å². The first-order chi connectivity index (χ1) is 9.90. The molecule has 1 aromatic heterocycles. The zero-order valence-corrected chi connectivity index (χ0v) is 12.5. The maximum absolute atomic E-state index is 5.48. The number of hydrogen-bond acceptors (Lipinski definition) is 6. The molecular formula is C14H22N4OS. The molecular weight excluding hydrogens is 272 g/mol. The van der Waals surface area contributed by atoms with Crippen molar-refractivity contribution in [1.29, 1.82) is 0 Å². The van der Waals surface area contributed by atoms with E-state index in [0.29, 0.717) is 11.3 Å². The molecule has 20 heavy (non-hydrogen) atoms. The van der Waals surface area contributed by atoms with E-state index < -0.39 is 0 Å². The second-order valence-electron chi connectivity index (χ2n) is 5.34. The third kappa shape index (κ3) is 3.99. The van der Waals surface area contributed by atoms with Crippen molar-refractivity contribution < 1.29 is 4.74 Å². The molecule has 1 aromatic rings. The van der Waals surface area contributed by atoms with Gasteiger partial charge < -0.3 is 15.4 Å². The van der Waals surface area contributed by atoms with Crippen molar-refractivity contribution in [2.75, 3.05) is 36.1 Å². The lowest BCUT2D eigenvalue weighted by molar-refractivity contribution is 0.0875. The number of rotatable bonds is 5. The molecule has 0 bridgehead atoms. The molecule has 0 aliphatic carbocycles. The normalized spacial score (nSPS) is 26.4. The van der Waals surface area contributed by atoms with E-state index in [-0.39, 0.29) is 0 Å². The van der Waals surface area contributed by atoms with Crippen molar-refractivity contribution in [3.05, 3.63) is 12.3 Å². The fraction of sp³-hybridized carbons (Fsp3) is 0.714. The van der Waals surface area contributed by atoms with Crippen LogP contribution in [-0.4, -0.2) is 46.8 Å². The van der Waals surface area contributed by atoms with Gasteiger partial charge in [-0.1, -0.05) is 0 Å². The number of thioether (sulfide) groups is 1. The lowest BCUT2D eigenvalue weighted by atomic mass is 10.1. The molecule has 0 saturated carbocycles. The fourth-order valence-electron chi connectivity index (χ4n) is 2.60. The molecule has 2 atom stereocenters. The summed E-state index contributed by atoms with van der Waals surface area (Å²) in [4.78, 5) is 8.82. The quantitative estimate of drug-likeness (QED) is 0.869. The summed E-state index contributed by atoms with van der Waals surface area (Å²) in [6.45, 7) is 2.61. The van der Waals surface area contributed by atoms with Crippen LogP contribution in [0.3, 0.4) is 0 Å². The van der Waals surface area contributed by atoms with Crippen LogP contribution in [0.5, 0.6) is 0 Å². The molecule has 6 heteroatoms. The molecule has 0 radical (unpaired) electrons. The lowest BCUT2D eigenvalue weighted by Crippen LogP contribution is -2.30. The fourth-order valence-corrected chi connectivity index (χ4v) is 3.80. The summed E-state index contributed by atoms with van der Waals surface area (Å²) in [5.41, 5.74) is 0. The van der Waals surface area contributed by atoms with E-state index in [0.717, 1.165) is 44.4 Å². The van der Waals surface area contributed by atoms with Crippen LogP contribution in [0, 0.1) is 0 Å². The SMILES string of the molecule is c1cc(N[C@@H]2CCCOC2)nc(NC[C@@H]2CCCS2)n1. The number of hydrogen-bond donors (Lipinski definition) is 2. The molecule has 3 rings (SSSR count). The monoisotopic (exact) mass is 294 g/mol. The van der Waals surface area contributed by atoms with E-state index in [2.05, 4.69) is 20.6 Å². The second kappa shape index (κ2) is 7.13. The van der Waals surface area contributed by atoms with Gasteiger partial charge in [-0.15, -0.1) is 0 Å². The Morgan fingerprint density at radius 3 is 3.15 bits per heavy atom. The predicted molar refractivity (Wildman–Crippen MR) is 83.5 cm³/mol. The van der Waals surface area contributed by atoms with Crippen LogP contribution >= 0.6 is 11.8 Å². The van der Waals surface area contributed by atoms with Crippen molar-refractivity contribution in [3.8, 4) is 0 Å². The number of nitrogens with zero attached hydrogens (tertiary/aromatic N) is 2.